The van der Waals surface area contributed by atoms with Crippen molar-refractivity contribution in [1.82, 2.24) is 4.98 Å². The molecule has 1 aromatic heterocycles. The summed E-state index contributed by atoms with van der Waals surface area (Å²) >= 11 is 11.7. The first-order valence-corrected chi connectivity index (χ1v) is 5.01. The molecule has 1 aliphatic carbocycles. The molecule has 0 aromatic carbocycles. The second-order valence-electron chi connectivity index (χ2n) is 3.35. The van der Waals surface area contributed by atoms with Gasteiger partial charge in [0.1, 0.15) is 5.15 Å². The molecule has 0 saturated heterocycles. The summed E-state index contributed by atoms with van der Waals surface area (Å²) in [6.45, 7) is 1.98. The summed E-state index contributed by atoms with van der Waals surface area (Å²) < 4.78 is 0. The summed E-state index contributed by atoms with van der Waals surface area (Å²) in [5.74, 6) is 0. The Morgan fingerprint density at radius 1 is 1.46 bits per heavy atom. The normalized spacial score (nSPS) is 15.9. The zero-order valence-corrected chi connectivity index (χ0v) is 8.78. The summed E-state index contributed by atoms with van der Waals surface area (Å²) in [6, 6.07) is 2.40. The van der Waals surface area contributed by atoms with Crippen molar-refractivity contribution in [2.75, 3.05) is 5.32 Å². The molecule has 1 aliphatic rings. The van der Waals surface area contributed by atoms with Crippen LogP contribution in [0.5, 0.6) is 0 Å². The van der Waals surface area contributed by atoms with Crippen molar-refractivity contribution in [2.45, 2.75) is 25.8 Å². The molecule has 1 heterocycles. The molecule has 0 unspecified atom stereocenters. The van der Waals surface area contributed by atoms with E-state index in [1.165, 1.54) is 12.8 Å². The summed E-state index contributed by atoms with van der Waals surface area (Å²) in [4.78, 5) is 3.98. The minimum absolute atomic E-state index is 0.448. The number of pyridine rings is 1. The van der Waals surface area contributed by atoms with Crippen molar-refractivity contribution < 1.29 is 0 Å². The highest BCUT2D eigenvalue weighted by Gasteiger charge is 2.22. The minimum atomic E-state index is 0.448. The predicted molar refractivity (Wildman–Crippen MR) is 55.6 cm³/mol. The second kappa shape index (κ2) is 3.35. The zero-order valence-electron chi connectivity index (χ0n) is 7.27. The molecule has 0 bridgehead atoms. The van der Waals surface area contributed by atoms with Gasteiger partial charge in [-0.3, -0.25) is 0 Å². The van der Waals surface area contributed by atoms with E-state index in [1.54, 1.807) is 0 Å². The van der Waals surface area contributed by atoms with Gasteiger partial charge in [-0.2, -0.15) is 0 Å². The molecule has 0 radical (unpaired) electrons. The topological polar surface area (TPSA) is 24.9 Å². The van der Waals surface area contributed by atoms with Crippen LogP contribution in [0.3, 0.4) is 0 Å². The fourth-order valence-corrected chi connectivity index (χ4v) is 1.79. The molecule has 1 fully saturated rings. The molecular formula is C9H10Cl2N2. The molecule has 1 saturated carbocycles. The third kappa shape index (κ3) is 2.06. The van der Waals surface area contributed by atoms with Crippen LogP contribution in [-0.2, 0) is 0 Å². The highest BCUT2D eigenvalue weighted by atomic mass is 35.5. The average molecular weight is 217 g/mol. The number of anilines is 1. The molecule has 0 amide bonds. The number of aryl methyl sites for hydroxylation is 1. The van der Waals surface area contributed by atoms with Crippen molar-refractivity contribution in [1.29, 1.82) is 0 Å². The zero-order chi connectivity index (χ0) is 9.42. The van der Waals surface area contributed by atoms with Gasteiger partial charge in [-0.15, -0.1) is 0 Å². The fraction of sp³-hybridized carbons (Fsp3) is 0.444. The summed E-state index contributed by atoms with van der Waals surface area (Å²) in [5, 5.41) is 4.24. The van der Waals surface area contributed by atoms with Crippen molar-refractivity contribution in [2.24, 2.45) is 0 Å². The Kier molecular flexibility index (Phi) is 2.35. The lowest BCUT2D eigenvalue weighted by Gasteiger charge is -2.09. The quantitative estimate of drug-likeness (QED) is 0.769. The van der Waals surface area contributed by atoms with E-state index in [2.05, 4.69) is 10.3 Å². The van der Waals surface area contributed by atoms with Gasteiger partial charge in [-0.05, 0) is 31.4 Å². The van der Waals surface area contributed by atoms with Gasteiger partial charge in [0.25, 0.3) is 0 Å². The Bertz CT molecular complexity index is 311. The molecule has 2 rings (SSSR count). The number of nitrogens with zero attached hydrogens (tertiary/aromatic N) is 1. The number of hydrogen-bond donors (Lipinski definition) is 1. The van der Waals surface area contributed by atoms with Crippen LogP contribution in [-0.4, -0.2) is 11.0 Å². The molecule has 0 atom stereocenters. The summed E-state index contributed by atoms with van der Waals surface area (Å²) in [7, 11) is 0. The largest absolute Gasteiger partial charge is 0.380 e. The minimum Gasteiger partial charge on any atom is -0.380 e. The maximum Gasteiger partial charge on any atom is 0.154 e. The van der Waals surface area contributed by atoms with Crippen LogP contribution in [0.4, 0.5) is 5.69 Å². The van der Waals surface area contributed by atoms with Crippen LogP contribution in [0.25, 0.3) is 0 Å². The van der Waals surface area contributed by atoms with E-state index in [0.29, 0.717) is 16.3 Å². The highest BCUT2D eigenvalue weighted by molar-refractivity contribution is 6.34. The number of aromatic nitrogens is 1. The van der Waals surface area contributed by atoms with Gasteiger partial charge in [-0.25, -0.2) is 4.98 Å². The summed E-state index contributed by atoms with van der Waals surface area (Å²) in [5.41, 5.74) is 1.98. The molecule has 0 aliphatic heterocycles. The average Bonchev–Trinajstić information content (AvgIpc) is 2.79. The van der Waals surface area contributed by atoms with Crippen LogP contribution in [0, 0.1) is 6.92 Å². The Morgan fingerprint density at radius 3 is 2.69 bits per heavy atom. The first kappa shape index (κ1) is 9.10. The van der Waals surface area contributed by atoms with Crippen molar-refractivity contribution in [3.8, 4) is 0 Å². The van der Waals surface area contributed by atoms with Gasteiger partial charge in [0.15, 0.2) is 5.15 Å². The first-order valence-electron chi connectivity index (χ1n) is 4.26. The molecule has 1 N–H and O–H groups in total. The van der Waals surface area contributed by atoms with E-state index in [9.17, 15) is 0 Å². The lowest BCUT2D eigenvalue weighted by atomic mass is 10.2. The van der Waals surface area contributed by atoms with Gasteiger partial charge >= 0.3 is 0 Å². The molecule has 0 spiro atoms. The van der Waals surface area contributed by atoms with Gasteiger partial charge in [0, 0.05) is 6.04 Å². The van der Waals surface area contributed by atoms with Crippen LogP contribution in [0.15, 0.2) is 6.07 Å². The Morgan fingerprint density at radius 2 is 2.15 bits per heavy atom. The maximum absolute atomic E-state index is 5.95. The molecular weight excluding hydrogens is 207 g/mol. The molecule has 1 aromatic rings. The Balaban J connectivity index is 2.31. The molecule has 4 heteroatoms. The van der Waals surface area contributed by atoms with Crippen LogP contribution >= 0.6 is 23.2 Å². The number of rotatable bonds is 2. The monoisotopic (exact) mass is 216 g/mol. The lowest BCUT2D eigenvalue weighted by molar-refractivity contribution is 1.13. The van der Waals surface area contributed by atoms with E-state index >= 15 is 0 Å². The third-order valence-electron chi connectivity index (χ3n) is 2.07. The number of nitrogens with one attached hydrogen (secondary N) is 1. The molecule has 70 valence electrons. The second-order valence-corrected chi connectivity index (χ2v) is 4.09. The SMILES string of the molecule is Cc1cc(Cl)nc(Cl)c1NC1CC1. The van der Waals surface area contributed by atoms with Gasteiger partial charge in [0.05, 0.1) is 5.69 Å². The Labute approximate surface area is 87.3 Å². The van der Waals surface area contributed by atoms with Crippen molar-refractivity contribution >= 4 is 28.9 Å². The number of hydrogen-bond acceptors (Lipinski definition) is 2. The first-order chi connectivity index (χ1) is 6.16. The van der Waals surface area contributed by atoms with Gasteiger partial charge in [-0.1, -0.05) is 23.2 Å². The number of halogens is 2. The van der Waals surface area contributed by atoms with Gasteiger partial charge in [0.2, 0.25) is 0 Å². The van der Waals surface area contributed by atoms with Crippen molar-refractivity contribution in [3.63, 3.8) is 0 Å². The van der Waals surface area contributed by atoms with Crippen molar-refractivity contribution in [3.05, 3.63) is 21.9 Å². The van der Waals surface area contributed by atoms with E-state index in [4.69, 9.17) is 23.2 Å². The van der Waals surface area contributed by atoms with E-state index < -0.39 is 0 Å². The fourth-order valence-electron chi connectivity index (χ4n) is 1.20. The molecule has 13 heavy (non-hydrogen) atoms. The van der Waals surface area contributed by atoms with E-state index in [0.717, 1.165) is 11.3 Å². The Hall–Kier alpha value is -0.470. The summed E-state index contributed by atoms with van der Waals surface area (Å²) in [6.07, 6.45) is 2.44. The smallest absolute Gasteiger partial charge is 0.154 e. The van der Waals surface area contributed by atoms with Crippen LogP contribution < -0.4 is 5.32 Å². The molecule has 2 nitrogen and oxygen atoms in total. The highest BCUT2D eigenvalue weighted by Crippen LogP contribution is 2.31. The maximum atomic E-state index is 5.95. The lowest BCUT2D eigenvalue weighted by Crippen LogP contribution is -2.04. The van der Waals surface area contributed by atoms with E-state index in [1.807, 2.05) is 13.0 Å². The van der Waals surface area contributed by atoms with Gasteiger partial charge < -0.3 is 5.32 Å². The standard InChI is InChI=1S/C9H10Cl2N2/c1-5-4-7(10)13-9(11)8(5)12-6-2-3-6/h4,6,12H,2-3H2,1H3. The third-order valence-corrected chi connectivity index (χ3v) is 2.53. The predicted octanol–water partition coefficient (Wildman–Crippen LogP) is 3.27. The van der Waals surface area contributed by atoms with Crippen LogP contribution in [0.2, 0.25) is 10.3 Å². The van der Waals surface area contributed by atoms with E-state index in [-0.39, 0.29) is 0 Å². The van der Waals surface area contributed by atoms with Crippen LogP contribution in [0.1, 0.15) is 18.4 Å².